The number of benzene rings is 2. The highest BCUT2D eigenvalue weighted by Crippen LogP contribution is 2.20. The molecule has 0 saturated carbocycles. The maximum atomic E-state index is 13.5. The van der Waals surface area contributed by atoms with Crippen molar-refractivity contribution < 1.29 is 12.8 Å². The van der Waals surface area contributed by atoms with Crippen LogP contribution in [-0.2, 0) is 16.4 Å². The van der Waals surface area contributed by atoms with Gasteiger partial charge in [-0.1, -0.05) is 6.07 Å². The highest BCUT2D eigenvalue weighted by Gasteiger charge is 2.17. The van der Waals surface area contributed by atoms with E-state index in [1.54, 1.807) is 42.7 Å². The summed E-state index contributed by atoms with van der Waals surface area (Å²) in [6, 6.07) is 11.2. The predicted octanol–water partition coefficient (Wildman–Crippen LogP) is 3.35. The molecule has 2 aromatic carbocycles. The Labute approximate surface area is 174 Å². The van der Waals surface area contributed by atoms with Crippen molar-refractivity contribution in [3.05, 3.63) is 72.4 Å². The minimum absolute atomic E-state index is 0.230. The molecule has 0 fully saturated rings. The zero-order chi connectivity index (χ0) is 21.1. The molecule has 4 aromatic rings. The molecule has 0 spiro atoms. The lowest BCUT2D eigenvalue weighted by molar-refractivity contribution is 0.537. The molecule has 0 bridgehead atoms. The Kier molecular flexibility index (Phi) is 5.80. The highest BCUT2D eigenvalue weighted by molar-refractivity contribution is 7.89. The number of nitrogens with zero attached hydrogens (tertiary/aromatic N) is 1. The van der Waals surface area contributed by atoms with Gasteiger partial charge in [-0.05, 0) is 67.2 Å². The topological polar surface area (TPSA) is 86.9 Å². The molecule has 4 rings (SSSR count). The molecule has 2 heterocycles. The Morgan fingerprint density at radius 1 is 1.13 bits per heavy atom. The third-order valence-corrected chi connectivity index (χ3v) is 6.62. The number of halogens is 1. The van der Waals surface area contributed by atoms with Crippen LogP contribution in [0.15, 0.2) is 66.0 Å². The molecule has 0 aliphatic carbocycles. The number of sulfonamides is 1. The molecule has 0 amide bonds. The number of rotatable bonds is 8. The number of pyridine rings is 1. The lowest BCUT2D eigenvalue weighted by Crippen LogP contribution is -2.40. The van der Waals surface area contributed by atoms with Gasteiger partial charge in [0.05, 0.1) is 4.90 Å². The van der Waals surface area contributed by atoms with Crippen molar-refractivity contribution in [1.82, 2.24) is 20.0 Å². The molecule has 2 aromatic heterocycles. The van der Waals surface area contributed by atoms with Gasteiger partial charge in [-0.15, -0.1) is 0 Å². The summed E-state index contributed by atoms with van der Waals surface area (Å²) >= 11 is 0. The average Bonchev–Trinajstić information content (AvgIpc) is 3.12. The quantitative estimate of drug-likeness (QED) is 0.377. The third-order valence-electron chi connectivity index (χ3n) is 5.03. The molecule has 0 saturated heterocycles. The van der Waals surface area contributed by atoms with Crippen molar-refractivity contribution in [2.24, 2.45) is 0 Å². The molecule has 156 valence electrons. The van der Waals surface area contributed by atoms with Gasteiger partial charge in [-0.3, -0.25) is 4.98 Å². The van der Waals surface area contributed by atoms with E-state index in [1.807, 2.05) is 13.1 Å². The number of hydrogen-bond donors (Lipinski definition) is 3. The van der Waals surface area contributed by atoms with Gasteiger partial charge in [-0.25, -0.2) is 17.5 Å². The highest BCUT2D eigenvalue weighted by atomic mass is 32.2. The molecule has 3 N–H and O–H groups in total. The van der Waals surface area contributed by atoms with Crippen molar-refractivity contribution in [3.8, 4) is 0 Å². The summed E-state index contributed by atoms with van der Waals surface area (Å²) in [4.78, 5) is 7.41. The SMILES string of the molecule is C[C@H](CNCCc1c[nH]c2ccc(F)cc12)NS(=O)(=O)c1ccc2cnccc2c1. The number of hydrogen-bond acceptors (Lipinski definition) is 4. The van der Waals surface area contributed by atoms with Crippen molar-refractivity contribution >= 4 is 31.7 Å². The Hall–Kier alpha value is -2.81. The Morgan fingerprint density at radius 3 is 2.87 bits per heavy atom. The Bertz CT molecular complexity index is 1290. The first-order valence-corrected chi connectivity index (χ1v) is 11.2. The first kappa shape index (κ1) is 20.5. The van der Waals surface area contributed by atoms with Crippen LogP contribution in [0.3, 0.4) is 0 Å². The van der Waals surface area contributed by atoms with Gasteiger partial charge in [0.2, 0.25) is 10.0 Å². The maximum Gasteiger partial charge on any atom is 0.240 e. The van der Waals surface area contributed by atoms with E-state index in [2.05, 4.69) is 20.0 Å². The Balaban J connectivity index is 1.32. The lowest BCUT2D eigenvalue weighted by atomic mass is 10.1. The summed E-state index contributed by atoms with van der Waals surface area (Å²) in [6.07, 6.45) is 5.93. The van der Waals surface area contributed by atoms with Crippen LogP contribution < -0.4 is 10.0 Å². The molecular weight excluding hydrogens is 403 g/mol. The number of aromatic nitrogens is 2. The molecule has 6 nitrogen and oxygen atoms in total. The van der Waals surface area contributed by atoms with Gasteiger partial charge < -0.3 is 10.3 Å². The number of fused-ring (bicyclic) bond motifs is 2. The summed E-state index contributed by atoms with van der Waals surface area (Å²) in [7, 11) is -3.62. The maximum absolute atomic E-state index is 13.5. The van der Waals surface area contributed by atoms with E-state index in [0.29, 0.717) is 19.5 Å². The summed E-state index contributed by atoms with van der Waals surface area (Å²) in [5.74, 6) is -0.260. The van der Waals surface area contributed by atoms with Gasteiger partial charge in [0.25, 0.3) is 0 Å². The average molecular weight is 427 g/mol. The van der Waals surface area contributed by atoms with Crippen LogP contribution in [0.25, 0.3) is 21.7 Å². The van der Waals surface area contributed by atoms with Crippen LogP contribution in [0, 0.1) is 5.82 Å². The second-order valence-electron chi connectivity index (χ2n) is 7.36. The third kappa shape index (κ3) is 4.51. The largest absolute Gasteiger partial charge is 0.361 e. The fraction of sp³-hybridized carbons (Fsp3) is 0.227. The van der Waals surface area contributed by atoms with E-state index in [1.165, 1.54) is 12.1 Å². The molecule has 8 heteroatoms. The van der Waals surface area contributed by atoms with Crippen molar-refractivity contribution in [1.29, 1.82) is 0 Å². The van der Waals surface area contributed by atoms with Crippen molar-refractivity contribution in [2.45, 2.75) is 24.3 Å². The number of H-pyrrole nitrogens is 1. The van der Waals surface area contributed by atoms with Crippen LogP contribution in [0.1, 0.15) is 12.5 Å². The van der Waals surface area contributed by atoms with E-state index in [0.717, 1.165) is 27.2 Å². The monoisotopic (exact) mass is 426 g/mol. The summed E-state index contributed by atoms with van der Waals surface area (Å²) in [5, 5.41) is 5.86. The molecular formula is C22H23FN4O2S. The summed E-state index contributed by atoms with van der Waals surface area (Å²) in [6.45, 7) is 2.95. The van der Waals surface area contributed by atoms with Gasteiger partial charge >= 0.3 is 0 Å². The fourth-order valence-electron chi connectivity index (χ4n) is 3.50. The lowest BCUT2D eigenvalue weighted by Gasteiger charge is -2.15. The molecule has 30 heavy (non-hydrogen) atoms. The first-order chi connectivity index (χ1) is 14.4. The minimum atomic E-state index is -3.62. The van der Waals surface area contributed by atoms with Crippen LogP contribution in [0.5, 0.6) is 0 Å². The standard InChI is InChI=1S/C22H23FN4O2S/c1-15(12-24-9-7-18-14-26-22-5-3-19(23)11-21(18)22)27-30(28,29)20-4-2-17-13-25-8-6-16(17)10-20/h2-6,8,10-11,13-15,24,26-27H,7,9,12H2,1H3/t15-/m1/s1. The summed E-state index contributed by atoms with van der Waals surface area (Å²) < 4.78 is 41.6. The van der Waals surface area contributed by atoms with Crippen LogP contribution in [0.2, 0.25) is 0 Å². The number of aromatic amines is 1. The molecule has 0 radical (unpaired) electrons. The number of nitrogens with one attached hydrogen (secondary N) is 3. The van der Waals surface area contributed by atoms with E-state index >= 15 is 0 Å². The van der Waals surface area contributed by atoms with E-state index in [9.17, 15) is 12.8 Å². The van der Waals surface area contributed by atoms with E-state index in [4.69, 9.17) is 0 Å². The van der Waals surface area contributed by atoms with Crippen LogP contribution in [0.4, 0.5) is 4.39 Å². The molecule has 0 unspecified atom stereocenters. The smallest absolute Gasteiger partial charge is 0.240 e. The second kappa shape index (κ2) is 8.51. The molecule has 1 atom stereocenters. The van der Waals surface area contributed by atoms with Crippen molar-refractivity contribution in [2.75, 3.05) is 13.1 Å². The molecule has 0 aliphatic heterocycles. The predicted molar refractivity (Wildman–Crippen MR) is 116 cm³/mol. The minimum Gasteiger partial charge on any atom is -0.361 e. The zero-order valence-electron chi connectivity index (χ0n) is 16.5. The van der Waals surface area contributed by atoms with Gasteiger partial charge in [0.15, 0.2) is 0 Å². The second-order valence-corrected chi connectivity index (χ2v) is 9.08. The van der Waals surface area contributed by atoms with E-state index < -0.39 is 10.0 Å². The molecule has 0 aliphatic rings. The van der Waals surface area contributed by atoms with Gasteiger partial charge in [0.1, 0.15) is 5.82 Å². The van der Waals surface area contributed by atoms with Gasteiger partial charge in [-0.2, -0.15) is 0 Å². The fourth-order valence-corrected chi connectivity index (χ4v) is 4.78. The zero-order valence-corrected chi connectivity index (χ0v) is 17.3. The van der Waals surface area contributed by atoms with E-state index in [-0.39, 0.29) is 16.8 Å². The first-order valence-electron chi connectivity index (χ1n) is 9.75. The van der Waals surface area contributed by atoms with Crippen molar-refractivity contribution in [3.63, 3.8) is 0 Å². The van der Waals surface area contributed by atoms with Crippen LogP contribution in [-0.4, -0.2) is 37.5 Å². The Morgan fingerprint density at radius 2 is 2.00 bits per heavy atom. The summed E-state index contributed by atoms with van der Waals surface area (Å²) in [5.41, 5.74) is 1.93. The van der Waals surface area contributed by atoms with Crippen LogP contribution >= 0.6 is 0 Å². The normalized spacial score (nSPS) is 13.1. The van der Waals surface area contributed by atoms with Gasteiger partial charge in [0, 0.05) is 47.5 Å².